The maximum Gasteiger partial charge on any atom is 0.313 e. The minimum atomic E-state index is -1.05. The zero-order chi connectivity index (χ0) is 14.5. The Bertz CT molecular complexity index is 629. The van der Waals surface area contributed by atoms with Crippen LogP contribution in [0.4, 0.5) is 14.5 Å². The monoisotopic (exact) mass is 296 g/mol. The summed E-state index contributed by atoms with van der Waals surface area (Å²) < 4.78 is 26.2. The van der Waals surface area contributed by atoms with E-state index in [1.54, 1.807) is 6.07 Å². The topological polar surface area (TPSA) is 58.2 Å². The average Bonchev–Trinajstić information content (AvgIpc) is 2.93. The van der Waals surface area contributed by atoms with E-state index in [9.17, 15) is 18.4 Å². The van der Waals surface area contributed by atoms with E-state index in [1.165, 1.54) is 11.3 Å². The number of amides is 2. The lowest BCUT2D eigenvalue weighted by atomic mass is 10.3. The van der Waals surface area contributed by atoms with Crippen LogP contribution < -0.4 is 10.6 Å². The Balaban J connectivity index is 1.93. The van der Waals surface area contributed by atoms with Gasteiger partial charge in [0.05, 0.1) is 5.69 Å². The minimum Gasteiger partial charge on any atom is -0.344 e. The number of benzene rings is 1. The number of hydrogen-bond donors (Lipinski definition) is 2. The third-order valence-electron chi connectivity index (χ3n) is 2.42. The van der Waals surface area contributed by atoms with Crippen LogP contribution >= 0.6 is 11.3 Å². The van der Waals surface area contributed by atoms with Crippen molar-refractivity contribution in [2.45, 2.75) is 6.54 Å². The second kappa shape index (κ2) is 6.25. The van der Waals surface area contributed by atoms with Crippen molar-refractivity contribution in [2.24, 2.45) is 0 Å². The summed E-state index contributed by atoms with van der Waals surface area (Å²) >= 11 is 1.46. The third kappa shape index (κ3) is 3.61. The molecule has 7 heteroatoms. The van der Waals surface area contributed by atoms with Crippen molar-refractivity contribution in [1.29, 1.82) is 0 Å². The first-order valence-corrected chi connectivity index (χ1v) is 6.56. The minimum absolute atomic E-state index is 0.196. The van der Waals surface area contributed by atoms with Crippen molar-refractivity contribution in [1.82, 2.24) is 5.32 Å². The van der Waals surface area contributed by atoms with E-state index in [4.69, 9.17) is 0 Å². The fraction of sp³-hybridized carbons (Fsp3) is 0.0769. The molecule has 0 unspecified atom stereocenters. The molecular weight excluding hydrogens is 286 g/mol. The summed E-state index contributed by atoms with van der Waals surface area (Å²) in [7, 11) is 0. The van der Waals surface area contributed by atoms with Crippen molar-refractivity contribution in [3.05, 3.63) is 52.2 Å². The lowest BCUT2D eigenvalue weighted by molar-refractivity contribution is -0.136. The molecule has 0 fully saturated rings. The molecule has 2 aromatic rings. The van der Waals surface area contributed by atoms with Gasteiger partial charge in [-0.25, -0.2) is 8.78 Å². The molecule has 0 atom stereocenters. The Morgan fingerprint density at radius 2 is 1.95 bits per heavy atom. The van der Waals surface area contributed by atoms with Crippen LogP contribution in [-0.2, 0) is 16.1 Å². The molecule has 20 heavy (non-hydrogen) atoms. The Morgan fingerprint density at radius 1 is 1.15 bits per heavy atom. The summed E-state index contributed by atoms with van der Waals surface area (Å²) in [5, 5.41) is 8.06. The van der Waals surface area contributed by atoms with E-state index in [-0.39, 0.29) is 12.2 Å². The molecule has 0 bridgehead atoms. The van der Waals surface area contributed by atoms with Gasteiger partial charge in [0.25, 0.3) is 0 Å². The molecular formula is C13H10F2N2O2S. The Labute approximate surface area is 117 Å². The number of hydrogen-bond acceptors (Lipinski definition) is 3. The van der Waals surface area contributed by atoms with Gasteiger partial charge in [-0.3, -0.25) is 9.59 Å². The number of rotatable bonds is 3. The van der Waals surface area contributed by atoms with Gasteiger partial charge in [0.1, 0.15) is 11.6 Å². The summed E-state index contributed by atoms with van der Waals surface area (Å²) in [6.45, 7) is 0.196. The van der Waals surface area contributed by atoms with Gasteiger partial charge in [0.15, 0.2) is 0 Å². The van der Waals surface area contributed by atoms with Crippen LogP contribution in [0.1, 0.15) is 5.56 Å². The lowest BCUT2D eigenvalue weighted by Crippen LogP contribution is -2.35. The molecule has 2 amide bonds. The van der Waals surface area contributed by atoms with Gasteiger partial charge >= 0.3 is 11.8 Å². The third-order valence-corrected chi connectivity index (χ3v) is 3.15. The highest BCUT2D eigenvalue weighted by molar-refractivity contribution is 7.07. The quantitative estimate of drug-likeness (QED) is 0.854. The van der Waals surface area contributed by atoms with Crippen molar-refractivity contribution >= 4 is 28.8 Å². The molecule has 2 N–H and O–H groups in total. The van der Waals surface area contributed by atoms with Gasteiger partial charge in [-0.1, -0.05) is 0 Å². The smallest absolute Gasteiger partial charge is 0.313 e. The van der Waals surface area contributed by atoms with Crippen LogP contribution in [0.3, 0.4) is 0 Å². The molecule has 0 saturated heterocycles. The first kappa shape index (κ1) is 14.1. The molecule has 2 rings (SSSR count). The Kier molecular flexibility index (Phi) is 4.41. The molecule has 0 radical (unpaired) electrons. The average molecular weight is 296 g/mol. The fourth-order valence-electron chi connectivity index (χ4n) is 1.43. The van der Waals surface area contributed by atoms with Crippen LogP contribution in [0.2, 0.25) is 0 Å². The van der Waals surface area contributed by atoms with Gasteiger partial charge in [-0.15, -0.1) is 0 Å². The first-order chi connectivity index (χ1) is 9.56. The molecule has 1 aromatic carbocycles. The van der Waals surface area contributed by atoms with E-state index >= 15 is 0 Å². The van der Waals surface area contributed by atoms with E-state index in [0.29, 0.717) is 0 Å². The van der Waals surface area contributed by atoms with Gasteiger partial charge in [0.2, 0.25) is 0 Å². The van der Waals surface area contributed by atoms with Crippen LogP contribution in [-0.4, -0.2) is 11.8 Å². The SMILES string of the molecule is O=C(NCc1ccsc1)C(=O)Nc1cc(F)ccc1F. The number of halogens is 2. The van der Waals surface area contributed by atoms with Crippen LogP contribution in [0, 0.1) is 11.6 Å². The normalized spacial score (nSPS) is 10.1. The first-order valence-electron chi connectivity index (χ1n) is 5.61. The highest BCUT2D eigenvalue weighted by Crippen LogP contribution is 2.15. The Hall–Kier alpha value is -2.28. The van der Waals surface area contributed by atoms with Crippen LogP contribution in [0.25, 0.3) is 0 Å². The molecule has 104 valence electrons. The molecule has 0 spiro atoms. The molecule has 1 aromatic heterocycles. The fourth-order valence-corrected chi connectivity index (χ4v) is 2.10. The summed E-state index contributed by atoms with van der Waals surface area (Å²) in [4.78, 5) is 23.0. The van der Waals surface area contributed by atoms with Crippen LogP contribution in [0.15, 0.2) is 35.0 Å². The van der Waals surface area contributed by atoms with Crippen molar-refractivity contribution < 1.29 is 18.4 Å². The summed E-state index contributed by atoms with van der Waals surface area (Å²) in [6, 6.07) is 4.39. The number of carbonyl (C=O) groups is 2. The molecule has 0 aliphatic carbocycles. The van der Waals surface area contributed by atoms with Gasteiger partial charge in [0, 0.05) is 12.6 Å². The number of carbonyl (C=O) groups excluding carboxylic acids is 2. The standard InChI is InChI=1S/C13H10F2N2O2S/c14-9-1-2-10(15)11(5-9)17-13(19)12(18)16-6-8-3-4-20-7-8/h1-5,7H,6H2,(H,16,18)(H,17,19). The highest BCUT2D eigenvalue weighted by Gasteiger charge is 2.15. The van der Waals surface area contributed by atoms with E-state index in [1.807, 2.05) is 16.1 Å². The second-order valence-corrected chi connectivity index (χ2v) is 4.67. The molecule has 1 heterocycles. The van der Waals surface area contributed by atoms with Crippen molar-refractivity contribution in [3.8, 4) is 0 Å². The largest absolute Gasteiger partial charge is 0.344 e. The zero-order valence-corrected chi connectivity index (χ0v) is 11.0. The predicted molar refractivity (Wildman–Crippen MR) is 71.2 cm³/mol. The number of anilines is 1. The molecule has 0 aliphatic heterocycles. The van der Waals surface area contributed by atoms with Gasteiger partial charge in [-0.2, -0.15) is 11.3 Å². The summed E-state index contributed by atoms with van der Waals surface area (Å²) in [5.74, 6) is -3.49. The summed E-state index contributed by atoms with van der Waals surface area (Å²) in [5.41, 5.74) is 0.480. The van der Waals surface area contributed by atoms with E-state index in [0.717, 1.165) is 23.8 Å². The van der Waals surface area contributed by atoms with Gasteiger partial charge < -0.3 is 10.6 Å². The van der Waals surface area contributed by atoms with E-state index < -0.39 is 23.4 Å². The van der Waals surface area contributed by atoms with Crippen molar-refractivity contribution in [2.75, 3.05) is 5.32 Å². The van der Waals surface area contributed by atoms with E-state index in [2.05, 4.69) is 5.32 Å². The number of nitrogens with one attached hydrogen (secondary N) is 2. The zero-order valence-electron chi connectivity index (χ0n) is 10.2. The summed E-state index contributed by atoms with van der Waals surface area (Å²) in [6.07, 6.45) is 0. The van der Waals surface area contributed by atoms with Gasteiger partial charge in [-0.05, 0) is 34.5 Å². The second-order valence-electron chi connectivity index (χ2n) is 3.89. The molecule has 0 aliphatic rings. The highest BCUT2D eigenvalue weighted by atomic mass is 32.1. The predicted octanol–water partition coefficient (Wildman–Crippen LogP) is 2.28. The molecule has 0 saturated carbocycles. The maximum atomic E-state index is 13.3. The lowest BCUT2D eigenvalue weighted by Gasteiger charge is -2.06. The Morgan fingerprint density at radius 3 is 2.65 bits per heavy atom. The molecule has 4 nitrogen and oxygen atoms in total. The number of thiophene rings is 1. The maximum absolute atomic E-state index is 13.3. The van der Waals surface area contributed by atoms with Crippen LogP contribution in [0.5, 0.6) is 0 Å². The van der Waals surface area contributed by atoms with Crippen molar-refractivity contribution in [3.63, 3.8) is 0 Å².